The van der Waals surface area contributed by atoms with Crippen molar-refractivity contribution in [2.24, 2.45) is 23.2 Å². The summed E-state index contributed by atoms with van der Waals surface area (Å²) in [7, 11) is -4.02. The molecule has 0 saturated carbocycles. The molecule has 1 fully saturated rings. The minimum Gasteiger partial charge on any atom is -0.462 e. The molecule has 6 aliphatic rings. The Bertz CT molecular complexity index is 2880. The summed E-state index contributed by atoms with van der Waals surface area (Å²) in [5, 5.41) is 0.776. The fraction of sp³-hybridized carbons (Fsp3) is 0.562. The first-order valence-electron chi connectivity index (χ1n) is 28.6. The van der Waals surface area contributed by atoms with Gasteiger partial charge in [-0.15, -0.1) is 0 Å². The second kappa shape index (κ2) is 24.5. The van der Waals surface area contributed by atoms with Crippen LogP contribution in [0.1, 0.15) is 169 Å². The molecule has 77 heavy (non-hydrogen) atoms. The monoisotopic (exact) mass is 1090 g/mol. The van der Waals surface area contributed by atoms with Crippen LogP contribution in [0, 0.1) is 23.2 Å². The fourth-order valence-electron chi connectivity index (χ4n) is 12.7. The van der Waals surface area contributed by atoms with Gasteiger partial charge in [0.1, 0.15) is 24.9 Å². The van der Waals surface area contributed by atoms with E-state index < -0.39 is 21.6 Å². The summed E-state index contributed by atoms with van der Waals surface area (Å²) in [6, 6.07) is 17.0. The van der Waals surface area contributed by atoms with Crippen LogP contribution in [0.4, 0.5) is 11.4 Å². The van der Waals surface area contributed by atoms with Gasteiger partial charge >= 0.3 is 17.9 Å². The first-order chi connectivity index (χ1) is 36.6. The normalized spacial score (nSPS) is 26.0. The summed E-state index contributed by atoms with van der Waals surface area (Å²) in [6.45, 7) is 18.5. The standard InChI is InChI=1S/C64H83ClN2O9S/c1-9-62(3,4)61(70)76-54-28-20-21-44-31-30-43(2)49(59(44)54)35-34-47-41-48(42-58(69)74-47)75-57(68)29-11-10-16-38-66-52-26-14-12-24-50(52)63(5,6)55(66)36-32-45-22-19-23-46(60(45)65)33-37-56-64(7,8)51-25-13-15-27-53(51)67(56)39-17-18-40-77(71,72)73/h12-15,21,24-27,30-33,36-37,43,47-49,54,59H,9-11,16-20,22-23,28-29,34-35,38-42H2,1-8H3/p+1/t43-,47+,48+,49-,54-,59-/m0/s1. The Morgan fingerprint density at radius 2 is 1.69 bits per heavy atom. The van der Waals surface area contributed by atoms with E-state index in [1.807, 2.05) is 26.8 Å². The first kappa shape index (κ1) is 58.1. The topological polar surface area (TPSA) is 140 Å². The van der Waals surface area contributed by atoms with Crippen LogP contribution in [0.2, 0.25) is 0 Å². The van der Waals surface area contributed by atoms with E-state index in [4.69, 9.17) is 25.8 Å². The van der Waals surface area contributed by atoms with E-state index in [1.165, 1.54) is 28.1 Å². The van der Waals surface area contributed by atoms with Crippen molar-refractivity contribution in [3.63, 3.8) is 0 Å². The van der Waals surface area contributed by atoms with Crippen LogP contribution in [0.3, 0.4) is 0 Å². The maximum atomic E-state index is 13.3. The molecule has 1 saturated heterocycles. The maximum absolute atomic E-state index is 13.3. The molecule has 1 N–H and O–H groups in total. The molecule has 11 nitrogen and oxygen atoms in total. The summed E-state index contributed by atoms with van der Waals surface area (Å²) in [6.07, 6.45) is 25.3. The van der Waals surface area contributed by atoms with Crippen LogP contribution in [0.15, 0.2) is 119 Å². The zero-order chi connectivity index (χ0) is 55.3. The molecule has 416 valence electrons. The van der Waals surface area contributed by atoms with Crippen molar-refractivity contribution < 1.29 is 46.1 Å². The highest BCUT2D eigenvalue weighted by molar-refractivity contribution is 7.85. The number of anilines is 1. The second-order valence-corrected chi connectivity index (χ2v) is 26.1. The molecule has 3 heterocycles. The SMILES string of the molecule is CCC(C)(C)C(=O)O[C@H]1CCC=C2C=C[C@H](C)[C@H](CC[C@@H]3C[C@@H](OC(=O)CCCCC[N+]4=C(C=CC5=C(Cl)C(=CC=C6N(CCCCS(=O)(=O)O)c7ccccc7C6(C)C)CCC5)C(C)(C)c5ccccc54)CC(=O)O3)[C@H]21. The smallest absolute Gasteiger partial charge is 0.311 e. The van der Waals surface area contributed by atoms with Crippen molar-refractivity contribution in [1.82, 2.24) is 0 Å². The Morgan fingerprint density at radius 3 is 2.45 bits per heavy atom. The van der Waals surface area contributed by atoms with E-state index in [9.17, 15) is 27.4 Å². The lowest BCUT2D eigenvalue weighted by atomic mass is 9.66. The number of cyclic esters (lactones) is 1. The maximum Gasteiger partial charge on any atom is 0.311 e. The Hall–Kier alpha value is -5.04. The molecule has 3 aliphatic carbocycles. The molecule has 0 bridgehead atoms. The Morgan fingerprint density at radius 1 is 0.935 bits per heavy atom. The lowest BCUT2D eigenvalue weighted by molar-refractivity contribution is -0.438. The van der Waals surface area contributed by atoms with E-state index in [-0.39, 0.29) is 77.3 Å². The van der Waals surface area contributed by atoms with Gasteiger partial charge in [0, 0.05) is 71.3 Å². The predicted molar refractivity (Wildman–Crippen MR) is 307 cm³/mol. The average molecular weight is 1090 g/mol. The van der Waals surface area contributed by atoms with Gasteiger partial charge in [-0.1, -0.05) is 106 Å². The predicted octanol–water partition coefficient (Wildman–Crippen LogP) is 14.0. The molecule has 0 radical (unpaired) electrons. The summed E-state index contributed by atoms with van der Waals surface area (Å²) in [4.78, 5) is 41.8. The van der Waals surface area contributed by atoms with Crippen LogP contribution in [-0.2, 0) is 49.5 Å². The number of rotatable bonds is 21. The quantitative estimate of drug-likeness (QED) is 0.0422. The lowest BCUT2D eigenvalue weighted by Crippen LogP contribution is -2.42. The van der Waals surface area contributed by atoms with Gasteiger partial charge in [0.2, 0.25) is 5.69 Å². The molecule has 0 spiro atoms. The van der Waals surface area contributed by atoms with Crippen LogP contribution in [0.5, 0.6) is 0 Å². The average Bonchev–Trinajstić information content (AvgIpc) is 3.98. The molecule has 2 aromatic rings. The third-order valence-corrected chi connectivity index (χ3v) is 18.9. The van der Waals surface area contributed by atoms with Gasteiger partial charge in [-0.2, -0.15) is 13.0 Å². The number of ether oxygens (including phenoxy) is 3. The number of hydrogen-bond acceptors (Lipinski definition) is 9. The number of halogens is 1. The van der Waals surface area contributed by atoms with Gasteiger partial charge in [0.15, 0.2) is 5.71 Å². The number of carbonyl (C=O) groups is 3. The fourth-order valence-corrected chi connectivity index (χ4v) is 13.6. The summed E-state index contributed by atoms with van der Waals surface area (Å²) >= 11 is 7.31. The van der Waals surface area contributed by atoms with Crippen molar-refractivity contribution in [2.45, 2.75) is 187 Å². The minimum absolute atomic E-state index is 0.0672. The van der Waals surface area contributed by atoms with Gasteiger partial charge in [-0.05, 0) is 151 Å². The molecule has 2 aromatic carbocycles. The van der Waals surface area contributed by atoms with E-state index in [0.29, 0.717) is 45.1 Å². The van der Waals surface area contributed by atoms with Crippen molar-refractivity contribution in [1.29, 1.82) is 0 Å². The third kappa shape index (κ3) is 13.5. The van der Waals surface area contributed by atoms with E-state index in [0.717, 1.165) is 85.5 Å². The van der Waals surface area contributed by atoms with Gasteiger partial charge in [0.05, 0.1) is 23.0 Å². The van der Waals surface area contributed by atoms with Crippen LogP contribution in [-0.4, -0.2) is 78.3 Å². The molecule has 0 amide bonds. The van der Waals surface area contributed by atoms with Gasteiger partial charge in [-0.3, -0.25) is 18.9 Å². The van der Waals surface area contributed by atoms with Gasteiger partial charge < -0.3 is 19.1 Å². The van der Waals surface area contributed by atoms with E-state index in [1.54, 1.807) is 0 Å². The second-order valence-electron chi connectivity index (χ2n) is 24.2. The molecule has 0 aromatic heterocycles. The molecule has 3 aliphatic heterocycles. The number of benzene rings is 2. The lowest BCUT2D eigenvalue weighted by Gasteiger charge is -2.43. The van der Waals surface area contributed by atoms with Gasteiger partial charge in [0.25, 0.3) is 10.1 Å². The highest BCUT2D eigenvalue weighted by atomic mass is 35.5. The number of para-hydroxylation sites is 2. The molecular formula is C64H84ClN2O9S+. The number of esters is 3. The zero-order valence-electron chi connectivity index (χ0n) is 47.0. The Labute approximate surface area is 464 Å². The summed E-state index contributed by atoms with van der Waals surface area (Å²) in [5.41, 5.74) is 9.47. The zero-order valence-corrected chi connectivity index (χ0v) is 48.5. The van der Waals surface area contributed by atoms with Crippen LogP contribution >= 0.6 is 11.6 Å². The number of allylic oxidation sites excluding steroid dienone is 11. The van der Waals surface area contributed by atoms with Crippen LogP contribution in [0.25, 0.3) is 0 Å². The largest absolute Gasteiger partial charge is 0.462 e. The number of fused-ring (bicyclic) bond motifs is 3. The summed E-state index contributed by atoms with van der Waals surface area (Å²) in [5.74, 6) is -0.411. The van der Waals surface area contributed by atoms with Crippen LogP contribution < -0.4 is 4.90 Å². The number of carbonyl (C=O) groups excluding carboxylic acids is 3. The van der Waals surface area contributed by atoms with Gasteiger partial charge in [-0.25, -0.2) is 0 Å². The van der Waals surface area contributed by atoms with Crippen molar-refractivity contribution in [2.75, 3.05) is 23.7 Å². The molecule has 13 heteroatoms. The first-order valence-corrected chi connectivity index (χ1v) is 30.6. The highest BCUT2D eigenvalue weighted by Gasteiger charge is 2.45. The number of nitrogens with zero attached hydrogens (tertiary/aromatic N) is 2. The summed E-state index contributed by atoms with van der Waals surface area (Å²) < 4.78 is 52.8. The van der Waals surface area contributed by atoms with E-state index >= 15 is 0 Å². The molecular weight excluding hydrogens is 1010 g/mol. The van der Waals surface area contributed by atoms with Crippen molar-refractivity contribution in [3.05, 3.63) is 130 Å². The molecule has 0 unspecified atom stereocenters. The molecule has 8 rings (SSSR count). The Kier molecular flexibility index (Phi) is 18.5. The Balaban J connectivity index is 0.875. The number of hydrogen-bond donors (Lipinski definition) is 1. The minimum atomic E-state index is -4.02. The van der Waals surface area contributed by atoms with Crippen molar-refractivity contribution >= 4 is 56.7 Å². The highest BCUT2D eigenvalue weighted by Crippen LogP contribution is 2.49. The number of unbranched alkanes of at least 4 members (excludes halogenated alkanes) is 3. The van der Waals surface area contributed by atoms with Crippen molar-refractivity contribution in [3.8, 4) is 0 Å². The van der Waals surface area contributed by atoms with E-state index in [2.05, 4.69) is 129 Å². The molecule has 6 atom stereocenters. The third-order valence-electron chi connectivity index (χ3n) is 17.6.